The zero-order valence-electron chi connectivity index (χ0n) is 13.4. The van der Waals surface area contributed by atoms with Gasteiger partial charge in [0, 0.05) is 31.5 Å². The summed E-state index contributed by atoms with van der Waals surface area (Å²) < 4.78 is 29.8. The maximum Gasteiger partial charge on any atom is 0.253 e. The minimum absolute atomic E-state index is 0.188. The molecule has 0 fully saturated rings. The number of imidazole rings is 1. The van der Waals surface area contributed by atoms with Gasteiger partial charge in [0.25, 0.3) is 10.0 Å². The Labute approximate surface area is 160 Å². The molecule has 0 bridgehead atoms. The van der Waals surface area contributed by atoms with Crippen LogP contribution < -0.4 is 0 Å². The van der Waals surface area contributed by atoms with Crippen molar-refractivity contribution in [3.8, 4) is 0 Å². The van der Waals surface area contributed by atoms with Crippen molar-refractivity contribution >= 4 is 44.6 Å². The molecule has 3 rings (SSSR count). The van der Waals surface area contributed by atoms with E-state index in [-0.39, 0.29) is 4.21 Å². The van der Waals surface area contributed by atoms with Crippen LogP contribution in [0, 0.1) is 0 Å². The van der Waals surface area contributed by atoms with E-state index in [1.165, 1.54) is 17.4 Å². The number of aromatic nitrogens is 2. The molecule has 0 spiro atoms. The fourth-order valence-corrected chi connectivity index (χ4v) is 5.62. The second-order valence-electron chi connectivity index (χ2n) is 5.43. The Balaban J connectivity index is 2.11. The number of benzene rings is 1. The highest BCUT2D eigenvalue weighted by Gasteiger charge is 2.33. The highest BCUT2D eigenvalue weighted by molar-refractivity contribution is 7.91. The first-order valence-corrected chi connectivity index (χ1v) is 10.3. The van der Waals surface area contributed by atoms with Crippen molar-refractivity contribution in [3.63, 3.8) is 0 Å². The quantitative estimate of drug-likeness (QED) is 0.627. The Kier molecular flexibility index (Phi) is 5.22. The maximum absolute atomic E-state index is 13.0. The average molecular weight is 416 g/mol. The van der Waals surface area contributed by atoms with E-state index in [0.29, 0.717) is 15.2 Å². The van der Waals surface area contributed by atoms with Gasteiger partial charge in [0.15, 0.2) is 0 Å². The number of nitrogens with zero attached hydrogens (tertiary/aromatic N) is 3. The van der Waals surface area contributed by atoms with E-state index in [0.717, 1.165) is 16.9 Å². The van der Waals surface area contributed by atoms with Gasteiger partial charge in [0.05, 0.1) is 4.34 Å². The van der Waals surface area contributed by atoms with Gasteiger partial charge >= 0.3 is 0 Å². The third-order valence-electron chi connectivity index (χ3n) is 3.83. The van der Waals surface area contributed by atoms with Crippen molar-refractivity contribution in [2.24, 2.45) is 7.05 Å². The smallest absolute Gasteiger partial charge is 0.253 e. The second-order valence-corrected chi connectivity index (χ2v) is 9.81. The Morgan fingerprint density at radius 1 is 1.16 bits per heavy atom. The van der Waals surface area contributed by atoms with Gasteiger partial charge in [-0.05, 0) is 29.8 Å². The molecule has 1 atom stereocenters. The first-order chi connectivity index (χ1) is 11.8. The van der Waals surface area contributed by atoms with Gasteiger partial charge in [-0.15, -0.1) is 11.3 Å². The van der Waals surface area contributed by atoms with Crippen LogP contribution in [0.25, 0.3) is 0 Å². The summed E-state index contributed by atoms with van der Waals surface area (Å²) in [4.78, 5) is 4.35. The number of rotatable bonds is 5. The summed E-state index contributed by atoms with van der Waals surface area (Å²) in [5.41, 5.74) is 0.771. The van der Waals surface area contributed by atoms with E-state index in [4.69, 9.17) is 23.2 Å². The van der Waals surface area contributed by atoms with E-state index in [9.17, 15) is 8.42 Å². The summed E-state index contributed by atoms with van der Waals surface area (Å²) in [6, 6.07) is 9.55. The van der Waals surface area contributed by atoms with Gasteiger partial charge in [-0.1, -0.05) is 35.3 Å². The third-order valence-corrected chi connectivity index (χ3v) is 7.61. The molecular weight excluding hydrogens is 401 g/mol. The van der Waals surface area contributed by atoms with Gasteiger partial charge in [-0.3, -0.25) is 0 Å². The van der Waals surface area contributed by atoms with Crippen LogP contribution in [0.2, 0.25) is 9.36 Å². The highest BCUT2D eigenvalue weighted by atomic mass is 35.5. The van der Waals surface area contributed by atoms with Crippen LogP contribution in [0.3, 0.4) is 0 Å². The predicted molar refractivity (Wildman–Crippen MR) is 101 cm³/mol. The largest absolute Gasteiger partial charge is 0.336 e. The van der Waals surface area contributed by atoms with E-state index in [1.807, 2.05) is 7.05 Å². The van der Waals surface area contributed by atoms with Crippen LogP contribution in [0.15, 0.2) is 53.0 Å². The van der Waals surface area contributed by atoms with Crippen LogP contribution in [0.1, 0.15) is 17.4 Å². The summed E-state index contributed by atoms with van der Waals surface area (Å²) in [5, 5.41) is 0.581. The van der Waals surface area contributed by atoms with Gasteiger partial charge in [-0.2, -0.15) is 4.31 Å². The molecule has 1 unspecified atom stereocenters. The molecule has 0 N–H and O–H groups in total. The fourth-order valence-electron chi connectivity index (χ4n) is 2.52. The minimum atomic E-state index is -3.74. The molecule has 5 nitrogen and oxygen atoms in total. The third kappa shape index (κ3) is 3.61. The normalized spacial score (nSPS) is 13.3. The second kappa shape index (κ2) is 7.09. The lowest BCUT2D eigenvalue weighted by molar-refractivity contribution is 0.399. The topological polar surface area (TPSA) is 55.2 Å². The average Bonchev–Trinajstić information content (AvgIpc) is 3.19. The highest BCUT2D eigenvalue weighted by Crippen LogP contribution is 2.34. The standard InChI is InChI=1S/C16H15Cl2N3O2S2/c1-20-10-9-19-16(20)15(11-3-5-12(17)6-4-11)21(2)25(22,23)14-8-7-13(18)24-14/h3-10,15H,1-2H3. The molecule has 0 aliphatic carbocycles. The lowest BCUT2D eigenvalue weighted by atomic mass is 10.1. The number of sulfonamides is 1. The molecule has 1 aromatic carbocycles. The lowest BCUT2D eigenvalue weighted by Crippen LogP contribution is -2.33. The molecule has 2 heterocycles. The monoisotopic (exact) mass is 415 g/mol. The Hall–Kier alpha value is -1.38. The van der Waals surface area contributed by atoms with Crippen LogP contribution in [-0.2, 0) is 17.1 Å². The molecule has 0 radical (unpaired) electrons. The van der Waals surface area contributed by atoms with Crippen molar-refractivity contribution in [1.82, 2.24) is 13.9 Å². The van der Waals surface area contributed by atoms with E-state index in [2.05, 4.69) is 4.98 Å². The molecule has 0 saturated heterocycles. The van der Waals surface area contributed by atoms with E-state index < -0.39 is 16.1 Å². The zero-order valence-corrected chi connectivity index (χ0v) is 16.6. The van der Waals surface area contributed by atoms with Crippen LogP contribution in [-0.4, -0.2) is 29.3 Å². The number of aryl methyl sites for hydroxylation is 1. The molecule has 9 heteroatoms. The maximum atomic E-state index is 13.0. The number of hydrogen-bond acceptors (Lipinski definition) is 4. The first kappa shape index (κ1) is 18.4. The van der Waals surface area contributed by atoms with Crippen molar-refractivity contribution < 1.29 is 8.42 Å². The Morgan fingerprint density at radius 2 is 1.84 bits per heavy atom. The van der Waals surface area contributed by atoms with Crippen molar-refractivity contribution in [2.45, 2.75) is 10.3 Å². The van der Waals surface area contributed by atoms with Crippen LogP contribution in [0.4, 0.5) is 0 Å². The van der Waals surface area contributed by atoms with Crippen molar-refractivity contribution in [1.29, 1.82) is 0 Å². The molecule has 2 aromatic heterocycles. The van der Waals surface area contributed by atoms with Gasteiger partial charge in [0.1, 0.15) is 16.1 Å². The fraction of sp³-hybridized carbons (Fsp3) is 0.188. The SMILES string of the molecule is CN(C(c1ccc(Cl)cc1)c1nccn1C)S(=O)(=O)c1ccc(Cl)s1. The van der Waals surface area contributed by atoms with Gasteiger partial charge in [0.2, 0.25) is 0 Å². The summed E-state index contributed by atoms with van der Waals surface area (Å²) in [5.74, 6) is 0.607. The number of thiophene rings is 1. The van der Waals surface area contributed by atoms with E-state index in [1.54, 1.807) is 47.3 Å². The summed E-state index contributed by atoms with van der Waals surface area (Å²) in [6.45, 7) is 0. The zero-order chi connectivity index (χ0) is 18.2. The molecule has 3 aromatic rings. The van der Waals surface area contributed by atoms with Crippen LogP contribution >= 0.6 is 34.5 Å². The molecule has 132 valence electrons. The number of halogens is 2. The summed E-state index contributed by atoms with van der Waals surface area (Å²) in [7, 11) is -0.372. The van der Waals surface area contributed by atoms with Crippen molar-refractivity contribution in [2.75, 3.05) is 7.05 Å². The summed E-state index contributed by atoms with van der Waals surface area (Å²) >= 11 is 12.9. The summed E-state index contributed by atoms with van der Waals surface area (Å²) in [6.07, 6.45) is 3.42. The predicted octanol–water partition coefficient (Wildman–Crippen LogP) is 4.20. The minimum Gasteiger partial charge on any atom is -0.336 e. The molecule has 0 aliphatic rings. The molecule has 0 amide bonds. The molecule has 0 aliphatic heterocycles. The first-order valence-electron chi connectivity index (χ1n) is 7.27. The van der Waals surface area contributed by atoms with Crippen molar-refractivity contribution in [3.05, 3.63) is 69.5 Å². The van der Waals surface area contributed by atoms with Gasteiger partial charge < -0.3 is 4.57 Å². The Morgan fingerprint density at radius 3 is 2.36 bits per heavy atom. The van der Waals surface area contributed by atoms with Gasteiger partial charge in [-0.25, -0.2) is 13.4 Å². The van der Waals surface area contributed by atoms with Crippen LogP contribution in [0.5, 0.6) is 0 Å². The molecule has 25 heavy (non-hydrogen) atoms. The molecular formula is C16H15Cl2N3O2S2. The number of hydrogen-bond donors (Lipinski definition) is 0. The Bertz CT molecular complexity index is 981. The molecule has 0 saturated carbocycles. The lowest BCUT2D eigenvalue weighted by Gasteiger charge is -2.27. The van der Waals surface area contributed by atoms with E-state index >= 15 is 0 Å².